The molecule has 0 saturated heterocycles. The minimum absolute atomic E-state index is 0. The Morgan fingerprint density at radius 1 is 1.33 bits per heavy atom. The average molecular weight is 433 g/mol. The van der Waals surface area contributed by atoms with Gasteiger partial charge in [0.25, 0.3) is 0 Å². The molecule has 0 aliphatic heterocycles. The van der Waals surface area contributed by atoms with E-state index in [0.29, 0.717) is 19.0 Å². The lowest BCUT2D eigenvalue weighted by Gasteiger charge is -2.25. The largest absolute Gasteiger partial charge is 0.377 e. The molecule has 1 aliphatic carbocycles. The molecular weight excluding hydrogens is 405 g/mol. The number of nitrogens with one attached hydrogen (secondary N) is 2. The zero-order chi connectivity index (χ0) is 15.4. The van der Waals surface area contributed by atoms with E-state index in [-0.39, 0.29) is 40.7 Å². The lowest BCUT2D eigenvalue weighted by Crippen LogP contribution is -2.47. The molecule has 21 heavy (non-hydrogen) atoms. The Kier molecular flexibility index (Phi) is 7.92. The molecule has 0 aromatic carbocycles. The lowest BCUT2D eigenvalue weighted by molar-refractivity contribution is 0.0268. The Balaban J connectivity index is 0.00000400. The summed E-state index contributed by atoms with van der Waals surface area (Å²) in [6, 6.07) is 0. The fourth-order valence-corrected chi connectivity index (χ4v) is 3.47. The van der Waals surface area contributed by atoms with Crippen molar-refractivity contribution in [3.05, 3.63) is 0 Å². The lowest BCUT2D eigenvalue weighted by atomic mass is 10.1. The predicted molar refractivity (Wildman–Crippen MR) is 97.2 cm³/mol. The van der Waals surface area contributed by atoms with Gasteiger partial charge in [-0.15, -0.1) is 24.0 Å². The van der Waals surface area contributed by atoms with Crippen molar-refractivity contribution in [2.45, 2.75) is 32.3 Å². The first-order valence-electron chi connectivity index (χ1n) is 6.79. The number of hydrogen-bond donors (Lipinski definition) is 2. The molecule has 0 heterocycles. The van der Waals surface area contributed by atoms with Crippen LogP contribution in [0.5, 0.6) is 0 Å². The molecule has 1 fully saturated rings. The van der Waals surface area contributed by atoms with E-state index in [2.05, 4.69) is 15.6 Å². The van der Waals surface area contributed by atoms with E-state index in [1.807, 2.05) is 13.8 Å². The van der Waals surface area contributed by atoms with E-state index in [1.165, 1.54) is 6.26 Å². The summed E-state index contributed by atoms with van der Waals surface area (Å²) in [5.74, 6) is 0.919. The van der Waals surface area contributed by atoms with Crippen LogP contribution in [0.3, 0.4) is 0 Å². The van der Waals surface area contributed by atoms with Crippen molar-refractivity contribution in [3.63, 3.8) is 0 Å². The molecule has 0 spiro atoms. The molecule has 6 nitrogen and oxygen atoms in total. The molecule has 1 aliphatic rings. The van der Waals surface area contributed by atoms with Gasteiger partial charge in [0, 0.05) is 38.9 Å². The van der Waals surface area contributed by atoms with Gasteiger partial charge in [-0.2, -0.15) is 0 Å². The van der Waals surface area contributed by atoms with Gasteiger partial charge in [-0.25, -0.2) is 8.42 Å². The monoisotopic (exact) mass is 433 g/mol. The minimum atomic E-state index is -2.93. The maximum atomic E-state index is 11.4. The third-order valence-electron chi connectivity index (χ3n) is 3.61. The van der Waals surface area contributed by atoms with Crippen LogP contribution in [0, 0.1) is 5.41 Å². The molecule has 0 atom stereocenters. The molecular formula is C13H28IN3O3S. The number of sulfone groups is 1. The van der Waals surface area contributed by atoms with Gasteiger partial charge in [-0.05, 0) is 26.7 Å². The van der Waals surface area contributed by atoms with E-state index in [4.69, 9.17) is 4.74 Å². The van der Waals surface area contributed by atoms with Gasteiger partial charge in [0.05, 0.1) is 11.4 Å². The number of hydrogen-bond acceptors (Lipinski definition) is 4. The molecule has 126 valence electrons. The highest BCUT2D eigenvalue weighted by Gasteiger charge is 2.45. The van der Waals surface area contributed by atoms with Crippen LogP contribution in [0.4, 0.5) is 0 Å². The van der Waals surface area contributed by atoms with Crippen molar-refractivity contribution in [2.75, 3.05) is 39.3 Å². The maximum Gasteiger partial charge on any atom is 0.191 e. The van der Waals surface area contributed by atoms with Crippen LogP contribution in [-0.2, 0) is 14.6 Å². The van der Waals surface area contributed by atoms with Crippen LogP contribution in [-0.4, -0.2) is 59.2 Å². The smallest absolute Gasteiger partial charge is 0.191 e. The Hall–Kier alpha value is -0.0900. The van der Waals surface area contributed by atoms with Crippen molar-refractivity contribution in [3.8, 4) is 0 Å². The fourth-order valence-electron chi connectivity index (χ4n) is 1.97. The van der Waals surface area contributed by atoms with E-state index in [1.54, 1.807) is 14.2 Å². The Bertz CT molecular complexity index is 459. The number of nitrogens with zero attached hydrogens (tertiary/aromatic N) is 1. The Morgan fingerprint density at radius 3 is 2.29 bits per heavy atom. The summed E-state index contributed by atoms with van der Waals surface area (Å²) in [4.78, 5) is 4.14. The van der Waals surface area contributed by atoms with Crippen molar-refractivity contribution < 1.29 is 13.2 Å². The third-order valence-corrected chi connectivity index (χ3v) is 4.75. The summed E-state index contributed by atoms with van der Waals surface area (Å²) >= 11 is 0. The summed E-state index contributed by atoms with van der Waals surface area (Å²) in [5, 5.41) is 6.40. The first kappa shape index (κ1) is 20.9. The van der Waals surface area contributed by atoms with Gasteiger partial charge in [0.15, 0.2) is 5.96 Å². The number of halogens is 1. The van der Waals surface area contributed by atoms with E-state index in [0.717, 1.165) is 12.8 Å². The second kappa shape index (κ2) is 7.96. The number of aliphatic imine (C=N–C) groups is 1. The normalized spacial score (nSPS) is 17.9. The highest BCUT2D eigenvalue weighted by Crippen LogP contribution is 2.45. The standard InChI is InChI=1S/C13H27N3O3S.HI/c1-12(2,19-4)8-15-11(14-3)16-9-13(6-7-13)10-20(5,17)18;/h6-10H2,1-5H3,(H2,14,15,16);1H. The SMILES string of the molecule is CN=C(NCC1(CS(C)(=O)=O)CC1)NCC(C)(C)OC.I. The van der Waals surface area contributed by atoms with Crippen molar-refractivity contribution in [1.29, 1.82) is 0 Å². The zero-order valence-electron chi connectivity index (χ0n) is 13.5. The molecule has 2 N–H and O–H groups in total. The van der Waals surface area contributed by atoms with E-state index >= 15 is 0 Å². The fraction of sp³-hybridized carbons (Fsp3) is 0.923. The molecule has 1 saturated carbocycles. The summed E-state index contributed by atoms with van der Waals surface area (Å²) in [6.45, 7) is 5.23. The van der Waals surface area contributed by atoms with E-state index in [9.17, 15) is 8.42 Å². The van der Waals surface area contributed by atoms with Gasteiger partial charge >= 0.3 is 0 Å². The molecule has 0 aromatic rings. The number of ether oxygens (including phenoxy) is 1. The van der Waals surface area contributed by atoms with Crippen LogP contribution in [0.1, 0.15) is 26.7 Å². The Morgan fingerprint density at radius 2 is 1.90 bits per heavy atom. The summed E-state index contributed by atoms with van der Waals surface area (Å²) < 4.78 is 28.1. The van der Waals surface area contributed by atoms with Crippen LogP contribution in [0.2, 0.25) is 0 Å². The first-order valence-corrected chi connectivity index (χ1v) is 8.85. The van der Waals surface area contributed by atoms with Gasteiger partial charge < -0.3 is 15.4 Å². The summed E-state index contributed by atoms with van der Waals surface area (Å²) in [7, 11) is 0.436. The topological polar surface area (TPSA) is 79.8 Å². The van der Waals surface area contributed by atoms with Crippen molar-refractivity contribution in [1.82, 2.24) is 10.6 Å². The quantitative estimate of drug-likeness (QED) is 0.356. The molecule has 0 aromatic heterocycles. The van der Waals surface area contributed by atoms with Gasteiger partial charge in [0.1, 0.15) is 9.84 Å². The number of rotatable bonds is 7. The van der Waals surface area contributed by atoms with Crippen LogP contribution in [0.15, 0.2) is 4.99 Å². The van der Waals surface area contributed by atoms with Gasteiger partial charge in [-0.1, -0.05) is 0 Å². The molecule has 0 unspecified atom stereocenters. The highest BCUT2D eigenvalue weighted by molar-refractivity contribution is 14.0. The molecule has 1 rings (SSSR count). The minimum Gasteiger partial charge on any atom is -0.377 e. The van der Waals surface area contributed by atoms with Crippen LogP contribution in [0.25, 0.3) is 0 Å². The molecule has 0 bridgehead atoms. The first-order chi connectivity index (χ1) is 9.11. The van der Waals surface area contributed by atoms with Gasteiger partial charge in [0.2, 0.25) is 0 Å². The second-order valence-electron chi connectivity index (χ2n) is 6.31. The van der Waals surface area contributed by atoms with Crippen molar-refractivity contribution >= 4 is 39.8 Å². The zero-order valence-corrected chi connectivity index (χ0v) is 16.7. The Labute approximate surface area is 145 Å². The second-order valence-corrected chi connectivity index (χ2v) is 8.45. The summed E-state index contributed by atoms with van der Waals surface area (Å²) in [6.07, 6.45) is 3.20. The molecule has 0 amide bonds. The molecule has 0 radical (unpaired) electrons. The van der Waals surface area contributed by atoms with Crippen molar-refractivity contribution in [2.24, 2.45) is 10.4 Å². The average Bonchev–Trinajstić information content (AvgIpc) is 3.07. The third kappa shape index (κ3) is 8.20. The maximum absolute atomic E-state index is 11.4. The van der Waals surface area contributed by atoms with Gasteiger partial charge in [-0.3, -0.25) is 4.99 Å². The van der Waals surface area contributed by atoms with Crippen LogP contribution < -0.4 is 10.6 Å². The van der Waals surface area contributed by atoms with Crippen LogP contribution >= 0.6 is 24.0 Å². The highest BCUT2D eigenvalue weighted by atomic mass is 127. The predicted octanol–water partition coefficient (Wildman–Crippen LogP) is 1.02. The number of guanidine groups is 1. The van der Waals surface area contributed by atoms with E-state index < -0.39 is 9.84 Å². The molecule has 8 heteroatoms. The number of methoxy groups -OCH3 is 1. The summed E-state index contributed by atoms with van der Waals surface area (Å²) in [5.41, 5.74) is -0.385.